The molecule has 0 aliphatic heterocycles. The highest BCUT2D eigenvalue weighted by Gasteiger charge is 2.38. The summed E-state index contributed by atoms with van der Waals surface area (Å²) in [5.41, 5.74) is 0. The molecule has 3 rings (SSSR count). The summed E-state index contributed by atoms with van der Waals surface area (Å²) >= 11 is 0. The largest absolute Gasteiger partial charge is 0.361 e. The first kappa shape index (κ1) is 6.46. The third-order valence-electron chi connectivity index (χ3n) is 3.10. The van der Waals surface area contributed by atoms with Gasteiger partial charge in [0.15, 0.2) is 0 Å². The topological polar surface area (TPSA) is 26.0 Å². The van der Waals surface area contributed by atoms with Gasteiger partial charge in [0.05, 0.1) is 6.20 Å². The van der Waals surface area contributed by atoms with E-state index >= 15 is 0 Å². The smallest absolute Gasteiger partial charge is 0.140 e. The molecule has 2 bridgehead atoms. The maximum atomic E-state index is 5.19. The van der Waals surface area contributed by atoms with Crippen LogP contribution in [0, 0.1) is 11.8 Å². The van der Waals surface area contributed by atoms with Crippen molar-refractivity contribution in [3.63, 3.8) is 0 Å². The molecule has 1 fully saturated rings. The molecule has 0 N–H and O–H groups in total. The van der Waals surface area contributed by atoms with Crippen LogP contribution in [0.25, 0.3) is 0 Å². The Labute approximate surface area is 71.3 Å². The molecule has 12 heavy (non-hydrogen) atoms. The van der Waals surface area contributed by atoms with Gasteiger partial charge >= 0.3 is 0 Å². The second-order valence-corrected chi connectivity index (χ2v) is 3.80. The first-order chi connectivity index (χ1) is 5.93. The van der Waals surface area contributed by atoms with Crippen LogP contribution in [0.2, 0.25) is 0 Å². The Morgan fingerprint density at radius 2 is 2.33 bits per heavy atom. The molecule has 0 aromatic carbocycles. The third-order valence-corrected chi connectivity index (χ3v) is 3.10. The van der Waals surface area contributed by atoms with E-state index in [-0.39, 0.29) is 0 Å². The molecule has 1 aromatic rings. The first-order valence-corrected chi connectivity index (χ1v) is 4.52. The molecule has 0 spiro atoms. The van der Waals surface area contributed by atoms with Gasteiger partial charge in [0, 0.05) is 12.0 Å². The summed E-state index contributed by atoms with van der Waals surface area (Å²) < 4.78 is 5.19. The minimum atomic E-state index is 0.613. The van der Waals surface area contributed by atoms with Crippen LogP contribution >= 0.6 is 0 Å². The summed E-state index contributed by atoms with van der Waals surface area (Å²) in [4.78, 5) is 0. The molecule has 3 unspecified atom stereocenters. The van der Waals surface area contributed by atoms with Crippen molar-refractivity contribution in [2.75, 3.05) is 0 Å². The zero-order chi connectivity index (χ0) is 7.97. The third kappa shape index (κ3) is 0.779. The Morgan fingerprint density at radius 1 is 1.33 bits per heavy atom. The van der Waals surface area contributed by atoms with Crippen LogP contribution in [0.15, 0.2) is 28.9 Å². The number of hydrogen-bond donors (Lipinski definition) is 0. The zero-order valence-electron chi connectivity index (χ0n) is 6.81. The van der Waals surface area contributed by atoms with Gasteiger partial charge in [0.2, 0.25) is 0 Å². The van der Waals surface area contributed by atoms with Crippen molar-refractivity contribution in [3.8, 4) is 0 Å². The fourth-order valence-corrected chi connectivity index (χ4v) is 2.52. The standard InChI is InChI=1S/C10H11NO/c1-2-8-5-7(1)6-9(8)10-3-4-11-12-10/h1-4,7-9H,5-6H2. The van der Waals surface area contributed by atoms with Crippen molar-refractivity contribution < 1.29 is 4.52 Å². The van der Waals surface area contributed by atoms with E-state index in [2.05, 4.69) is 17.3 Å². The van der Waals surface area contributed by atoms with Crippen molar-refractivity contribution >= 4 is 0 Å². The summed E-state index contributed by atoms with van der Waals surface area (Å²) in [5, 5.41) is 3.75. The molecule has 2 heteroatoms. The zero-order valence-corrected chi connectivity index (χ0v) is 6.81. The van der Waals surface area contributed by atoms with E-state index in [0.29, 0.717) is 5.92 Å². The van der Waals surface area contributed by atoms with Crippen molar-refractivity contribution in [2.45, 2.75) is 18.8 Å². The summed E-state index contributed by atoms with van der Waals surface area (Å²) in [6.07, 6.45) is 9.01. The molecule has 2 aliphatic carbocycles. The van der Waals surface area contributed by atoms with Gasteiger partial charge in [-0.3, -0.25) is 0 Å². The van der Waals surface area contributed by atoms with Crippen molar-refractivity contribution in [1.82, 2.24) is 5.16 Å². The van der Waals surface area contributed by atoms with Gasteiger partial charge in [-0.05, 0) is 24.7 Å². The maximum absolute atomic E-state index is 5.19. The summed E-state index contributed by atoms with van der Waals surface area (Å²) in [6, 6.07) is 2.00. The van der Waals surface area contributed by atoms with Crippen LogP contribution in [0.3, 0.4) is 0 Å². The lowest BCUT2D eigenvalue weighted by molar-refractivity contribution is 0.344. The van der Waals surface area contributed by atoms with Crippen LogP contribution in [-0.2, 0) is 0 Å². The van der Waals surface area contributed by atoms with Gasteiger partial charge < -0.3 is 4.52 Å². The fraction of sp³-hybridized carbons (Fsp3) is 0.500. The Hall–Kier alpha value is -1.05. The van der Waals surface area contributed by atoms with Crippen LogP contribution in [0.5, 0.6) is 0 Å². The normalized spacial score (nSPS) is 37.8. The summed E-state index contributed by atoms with van der Waals surface area (Å²) in [6.45, 7) is 0. The van der Waals surface area contributed by atoms with Gasteiger partial charge in [-0.2, -0.15) is 0 Å². The molecular weight excluding hydrogens is 150 g/mol. The molecule has 1 saturated carbocycles. The molecule has 2 nitrogen and oxygen atoms in total. The molecule has 62 valence electrons. The quantitative estimate of drug-likeness (QED) is 0.591. The van der Waals surface area contributed by atoms with Crippen LogP contribution in [-0.4, -0.2) is 5.16 Å². The lowest BCUT2D eigenvalue weighted by Crippen LogP contribution is -2.03. The minimum absolute atomic E-state index is 0.613. The summed E-state index contributed by atoms with van der Waals surface area (Å²) in [5.74, 6) is 3.22. The van der Waals surface area contributed by atoms with E-state index in [1.165, 1.54) is 12.8 Å². The average Bonchev–Trinajstić information content (AvgIpc) is 2.81. The van der Waals surface area contributed by atoms with Crippen LogP contribution in [0.1, 0.15) is 24.5 Å². The predicted molar refractivity (Wildman–Crippen MR) is 44.6 cm³/mol. The van der Waals surface area contributed by atoms with E-state index < -0.39 is 0 Å². The predicted octanol–water partition coefficient (Wildman–Crippen LogP) is 2.35. The summed E-state index contributed by atoms with van der Waals surface area (Å²) in [7, 11) is 0. The van der Waals surface area contributed by atoms with Crippen molar-refractivity contribution in [3.05, 3.63) is 30.2 Å². The number of allylic oxidation sites excluding steroid dienone is 2. The van der Waals surface area contributed by atoms with E-state index in [0.717, 1.165) is 17.6 Å². The highest BCUT2D eigenvalue weighted by molar-refractivity contribution is 5.19. The SMILES string of the molecule is C1=CC2CC1CC2c1ccno1. The first-order valence-electron chi connectivity index (χ1n) is 4.52. The van der Waals surface area contributed by atoms with Crippen LogP contribution in [0.4, 0.5) is 0 Å². The molecule has 0 radical (unpaired) electrons. The monoisotopic (exact) mass is 161 g/mol. The minimum Gasteiger partial charge on any atom is -0.361 e. The Morgan fingerprint density at radius 3 is 2.92 bits per heavy atom. The Bertz CT molecular complexity index is 302. The molecule has 0 saturated heterocycles. The van der Waals surface area contributed by atoms with Gasteiger partial charge in [0.1, 0.15) is 5.76 Å². The Kier molecular flexibility index (Phi) is 1.20. The molecule has 2 aliphatic rings. The van der Waals surface area contributed by atoms with E-state index in [4.69, 9.17) is 4.52 Å². The molecule has 1 heterocycles. The second-order valence-electron chi connectivity index (χ2n) is 3.80. The van der Waals surface area contributed by atoms with Gasteiger partial charge in [-0.25, -0.2) is 0 Å². The van der Waals surface area contributed by atoms with E-state index in [1.54, 1.807) is 6.20 Å². The molecule has 1 aromatic heterocycles. The van der Waals surface area contributed by atoms with Gasteiger partial charge in [-0.1, -0.05) is 17.3 Å². The Balaban J connectivity index is 1.92. The lowest BCUT2D eigenvalue weighted by Gasteiger charge is -2.13. The molecule has 0 amide bonds. The average molecular weight is 161 g/mol. The highest BCUT2D eigenvalue weighted by Crippen LogP contribution is 2.48. The lowest BCUT2D eigenvalue weighted by atomic mass is 9.91. The molecular formula is C10H11NO. The number of rotatable bonds is 1. The fourth-order valence-electron chi connectivity index (χ4n) is 2.52. The highest BCUT2D eigenvalue weighted by atomic mass is 16.5. The second kappa shape index (κ2) is 2.22. The molecule has 3 atom stereocenters. The van der Waals surface area contributed by atoms with E-state index in [1.807, 2.05) is 6.07 Å². The number of aromatic nitrogens is 1. The van der Waals surface area contributed by atoms with Gasteiger partial charge in [-0.15, -0.1) is 0 Å². The van der Waals surface area contributed by atoms with E-state index in [9.17, 15) is 0 Å². The maximum Gasteiger partial charge on any atom is 0.140 e. The van der Waals surface area contributed by atoms with Crippen molar-refractivity contribution in [2.24, 2.45) is 11.8 Å². The van der Waals surface area contributed by atoms with Crippen molar-refractivity contribution in [1.29, 1.82) is 0 Å². The number of hydrogen-bond acceptors (Lipinski definition) is 2. The number of fused-ring (bicyclic) bond motifs is 2. The van der Waals surface area contributed by atoms with Gasteiger partial charge in [0.25, 0.3) is 0 Å². The number of nitrogens with zero attached hydrogens (tertiary/aromatic N) is 1. The van der Waals surface area contributed by atoms with Crippen LogP contribution < -0.4 is 0 Å².